The lowest BCUT2D eigenvalue weighted by Gasteiger charge is -2.33. The van der Waals surface area contributed by atoms with Gasteiger partial charge in [-0.2, -0.15) is 0 Å². The average Bonchev–Trinajstić information content (AvgIpc) is 3.00. The fourth-order valence-electron chi connectivity index (χ4n) is 6.19. The highest BCUT2D eigenvalue weighted by Crippen LogP contribution is 2.86. The summed E-state index contributed by atoms with van der Waals surface area (Å²) in [6, 6.07) is 0. The number of rotatable bonds is 1. The van der Waals surface area contributed by atoms with Gasteiger partial charge in [0, 0.05) is 10.8 Å². The van der Waals surface area contributed by atoms with E-state index in [1.807, 2.05) is 10.6 Å². The molecule has 0 N–H and O–H groups in total. The van der Waals surface area contributed by atoms with Crippen molar-refractivity contribution in [2.75, 3.05) is 0 Å². The van der Waals surface area contributed by atoms with Gasteiger partial charge >= 0.3 is 0 Å². The second kappa shape index (κ2) is 4.75. The van der Waals surface area contributed by atoms with E-state index in [2.05, 4.69) is 69.2 Å². The number of allylic oxidation sites excluding steroid dienone is 8. The Labute approximate surface area is 151 Å². The first kappa shape index (κ1) is 17.2. The predicted octanol–water partition coefficient (Wildman–Crippen LogP) is 7.93. The molecule has 0 spiro atoms. The van der Waals surface area contributed by atoms with Crippen molar-refractivity contribution in [3.63, 3.8) is 0 Å². The SMILES string of the molecule is CC1=C(C)[C@@]2(C)C(C)=C(C3=C(C)[C@@]4(C)C(C)=C(C)[P@]3C4C)[P@]1C2C. The molecule has 0 amide bonds. The van der Waals surface area contributed by atoms with E-state index in [1.54, 1.807) is 32.9 Å². The van der Waals surface area contributed by atoms with Gasteiger partial charge in [-0.3, -0.25) is 0 Å². The normalized spacial score (nSPS) is 47.2. The zero-order valence-electron chi connectivity index (χ0n) is 17.0. The van der Waals surface area contributed by atoms with Gasteiger partial charge in [0.1, 0.15) is 0 Å². The Morgan fingerprint density at radius 3 is 1.12 bits per heavy atom. The van der Waals surface area contributed by atoms with Crippen LogP contribution >= 0.6 is 15.8 Å². The van der Waals surface area contributed by atoms with Gasteiger partial charge in [0.05, 0.1) is 0 Å². The van der Waals surface area contributed by atoms with Crippen LogP contribution < -0.4 is 0 Å². The summed E-state index contributed by atoms with van der Waals surface area (Å²) in [5.41, 5.74) is 9.04. The van der Waals surface area contributed by atoms with Crippen LogP contribution in [0.15, 0.2) is 43.5 Å². The molecule has 2 heteroatoms. The van der Waals surface area contributed by atoms with Crippen LogP contribution in [0.4, 0.5) is 0 Å². The largest absolute Gasteiger partial charge is 0.0589 e. The van der Waals surface area contributed by atoms with Crippen LogP contribution in [0.1, 0.15) is 69.2 Å². The third kappa shape index (κ3) is 1.48. The van der Waals surface area contributed by atoms with E-state index in [-0.39, 0.29) is 15.8 Å². The second-order valence-corrected chi connectivity index (χ2v) is 14.1. The smallest absolute Gasteiger partial charge is 0.0173 e. The van der Waals surface area contributed by atoms with Gasteiger partial charge in [-0.15, -0.1) is 0 Å². The Morgan fingerprint density at radius 1 is 0.583 bits per heavy atom. The number of hydrogen-bond donors (Lipinski definition) is 0. The standard InChI is InChI=1S/C22H32P2/c1-11-15(5)23-17(7)21(11,9)13(3)19(23)20-14(4)22(10)12(2)16(6)24(20)18(22)8/h17-18H,1-10H3/t17?,18?,21-,22+,23-,24+. The maximum Gasteiger partial charge on any atom is 0.0173 e. The first-order valence-corrected chi connectivity index (χ1v) is 12.2. The van der Waals surface area contributed by atoms with E-state index < -0.39 is 0 Å². The molecule has 4 aliphatic rings. The van der Waals surface area contributed by atoms with E-state index in [9.17, 15) is 0 Å². The third-order valence-electron chi connectivity index (χ3n) is 8.79. The minimum atomic E-state index is -0.111. The molecule has 4 heterocycles. The molecule has 2 unspecified atom stereocenters. The predicted molar refractivity (Wildman–Crippen MR) is 111 cm³/mol. The van der Waals surface area contributed by atoms with Gasteiger partial charge < -0.3 is 0 Å². The van der Waals surface area contributed by atoms with Crippen LogP contribution in [-0.4, -0.2) is 11.3 Å². The summed E-state index contributed by atoms with van der Waals surface area (Å²) in [7, 11) is -0.222. The molecule has 0 nitrogen and oxygen atoms in total. The van der Waals surface area contributed by atoms with Gasteiger partial charge in [-0.05, 0) is 90.0 Å². The molecule has 130 valence electrons. The minimum absolute atomic E-state index is 0.111. The Kier molecular flexibility index (Phi) is 3.41. The summed E-state index contributed by atoms with van der Waals surface area (Å²) in [5.74, 6) is 0. The molecule has 0 fully saturated rings. The Morgan fingerprint density at radius 2 is 0.875 bits per heavy atom. The number of fused-ring (bicyclic) bond motifs is 4. The van der Waals surface area contributed by atoms with Crippen LogP contribution in [-0.2, 0) is 0 Å². The molecule has 4 bridgehead atoms. The van der Waals surface area contributed by atoms with Crippen molar-refractivity contribution in [1.82, 2.24) is 0 Å². The van der Waals surface area contributed by atoms with Crippen LogP contribution in [0.2, 0.25) is 0 Å². The van der Waals surface area contributed by atoms with Crippen LogP contribution in [0, 0.1) is 10.8 Å². The van der Waals surface area contributed by atoms with Crippen molar-refractivity contribution in [2.24, 2.45) is 10.8 Å². The zero-order chi connectivity index (χ0) is 17.9. The first-order valence-electron chi connectivity index (χ1n) is 9.39. The van der Waals surface area contributed by atoms with Gasteiger partial charge in [-0.25, -0.2) is 0 Å². The van der Waals surface area contributed by atoms with Crippen molar-refractivity contribution >= 4 is 15.8 Å². The summed E-state index contributed by atoms with van der Waals surface area (Å²) in [6.45, 7) is 24.7. The average molecular weight is 358 g/mol. The molecule has 4 rings (SSSR count). The Bertz CT molecular complexity index is 738. The summed E-state index contributed by atoms with van der Waals surface area (Å²) in [5, 5.41) is 7.12. The third-order valence-corrected chi connectivity index (χ3v) is 15.7. The van der Waals surface area contributed by atoms with Gasteiger partial charge in [0.15, 0.2) is 0 Å². The highest BCUT2D eigenvalue weighted by molar-refractivity contribution is 7.73. The van der Waals surface area contributed by atoms with Crippen LogP contribution in [0.3, 0.4) is 0 Å². The van der Waals surface area contributed by atoms with Crippen molar-refractivity contribution in [3.8, 4) is 0 Å². The molecular formula is C22H32P2. The highest BCUT2D eigenvalue weighted by atomic mass is 31.1. The summed E-state index contributed by atoms with van der Waals surface area (Å²) >= 11 is 0. The summed E-state index contributed by atoms with van der Waals surface area (Å²) in [6.07, 6.45) is 0. The molecule has 0 saturated heterocycles. The highest BCUT2D eigenvalue weighted by Gasteiger charge is 2.60. The van der Waals surface area contributed by atoms with E-state index in [4.69, 9.17) is 0 Å². The van der Waals surface area contributed by atoms with Gasteiger partial charge in [0.2, 0.25) is 0 Å². The lowest BCUT2D eigenvalue weighted by atomic mass is 9.72. The maximum absolute atomic E-state index is 2.53. The number of hydrogen-bond acceptors (Lipinski definition) is 0. The topological polar surface area (TPSA) is 0 Å². The van der Waals surface area contributed by atoms with E-state index in [1.165, 1.54) is 0 Å². The van der Waals surface area contributed by atoms with E-state index in [0.29, 0.717) is 10.8 Å². The molecule has 6 atom stereocenters. The van der Waals surface area contributed by atoms with Crippen molar-refractivity contribution in [1.29, 1.82) is 0 Å². The van der Waals surface area contributed by atoms with Crippen molar-refractivity contribution < 1.29 is 0 Å². The molecule has 0 aromatic heterocycles. The molecule has 0 radical (unpaired) electrons. The van der Waals surface area contributed by atoms with E-state index >= 15 is 0 Å². The summed E-state index contributed by atoms with van der Waals surface area (Å²) < 4.78 is 0. The Balaban J connectivity index is 1.95. The fraction of sp³-hybridized carbons (Fsp3) is 0.636. The second-order valence-electron chi connectivity index (χ2n) is 8.86. The quantitative estimate of drug-likeness (QED) is 0.417. The molecule has 0 aliphatic carbocycles. The van der Waals surface area contributed by atoms with Gasteiger partial charge in [-0.1, -0.05) is 50.0 Å². The molecular weight excluding hydrogens is 326 g/mol. The lowest BCUT2D eigenvalue weighted by Crippen LogP contribution is -2.24. The molecule has 24 heavy (non-hydrogen) atoms. The molecule has 0 aromatic rings. The monoisotopic (exact) mass is 358 g/mol. The van der Waals surface area contributed by atoms with Crippen molar-refractivity contribution in [3.05, 3.63) is 43.5 Å². The lowest BCUT2D eigenvalue weighted by molar-refractivity contribution is 0.485. The summed E-state index contributed by atoms with van der Waals surface area (Å²) in [4.78, 5) is 0. The zero-order valence-corrected chi connectivity index (χ0v) is 18.8. The minimum Gasteiger partial charge on any atom is -0.0589 e. The van der Waals surface area contributed by atoms with Crippen LogP contribution in [0.25, 0.3) is 0 Å². The Hall–Kier alpha value is -0.180. The maximum atomic E-state index is 2.53. The van der Waals surface area contributed by atoms with Gasteiger partial charge in [0.25, 0.3) is 0 Å². The van der Waals surface area contributed by atoms with Crippen LogP contribution in [0.5, 0.6) is 0 Å². The fourth-order valence-corrected chi connectivity index (χ4v) is 14.4. The molecule has 4 aliphatic heterocycles. The molecule has 0 aromatic carbocycles. The molecule has 0 saturated carbocycles. The van der Waals surface area contributed by atoms with Crippen molar-refractivity contribution in [2.45, 2.75) is 80.6 Å². The van der Waals surface area contributed by atoms with E-state index in [0.717, 1.165) is 11.3 Å². The first-order chi connectivity index (χ1) is 11.0.